The molecule has 0 bridgehead atoms. The molecule has 0 heterocycles. The highest BCUT2D eigenvalue weighted by atomic mass is 14.6. The van der Waals surface area contributed by atoms with Gasteiger partial charge in [0.2, 0.25) is 0 Å². The van der Waals surface area contributed by atoms with Crippen molar-refractivity contribution < 1.29 is 0 Å². The summed E-state index contributed by atoms with van der Waals surface area (Å²) in [7, 11) is 0. The van der Waals surface area contributed by atoms with E-state index < -0.39 is 0 Å². The summed E-state index contributed by atoms with van der Waals surface area (Å²) in [5.41, 5.74) is 10.4. The van der Waals surface area contributed by atoms with Gasteiger partial charge in [0.25, 0.3) is 0 Å². The monoisotopic (exact) mass is 247 g/mol. The van der Waals surface area contributed by atoms with Crippen molar-refractivity contribution in [3.63, 3.8) is 0 Å². The SMILES string of the molecule is CCCCCCCCC(N)c1cccc(C)c1C. The predicted molar refractivity (Wildman–Crippen MR) is 80.8 cm³/mol. The molecule has 0 aliphatic heterocycles. The van der Waals surface area contributed by atoms with Crippen molar-refractivity contribution in [3.05, 3.63) is 34.9 Å². The minimum atomic E-state index is 0.219. The molecular weight excluding hydrogens is 218 g/mol. The molecule has 0 aliphatic carbocycles. The molecule has 1 nitrogen and oxygen atoms in total. The summed E-state index contributed by atoms with van der Waals surface area (Å²) in [5, 5.41) is 0. The lowest BCUT2D eigenvalue weighted by Crippen LogP contribution is -2.12. The molecule has 1 unspecified atom stereocenters. The zero-order valence-corrected chi connectivity index (χ0v) is 12.3. The standard InChI is InChI=1S/C17H29N/c1-4-5-6-7-8-9-13-17(18)16-12-10-11-14(2)15(16)3/h10-12,17H,4-9,13,18H2,1-3H3. The third-order valence-electron chi connectivity index (χ3n) is 3.91. The average molecular weight is 247 g/mol. The molecule has 0 fully saturated rings. The molecule has 1 aromatic rings. The van der Waals surface area contributed by atoms with E-state index in [1.54, 1.807) is 0 Å². The van der Waals surface area contributed by atoms with Crippen molar-refractivity contribution in [3.8, 4) is 0 Å². The molecule has 1 aromatic carbocycles. The molecular formula is C17H29N. The number of rotatable bonds is 8. The van der Waals surface area contributed by atoms with Gasteiger partial charge in [0.1, 0.15) is 0 Å². The van der Waals surface area contributed by atoms with Crippen molar-refractivity contribution in [2.75, 3.05) is 0 Å². The lowest BCUT2D eigenvalue weighted by molar-refractivity contribution is 0.546. The molecule has 0 saturated carbocycles. The van der Waals surface area contributed by atoms with Crippen LogP contribution in [0.25, 0.3) is 0 Å². The Morgan fingerprint density at radius 1 is 1.00 bits per heavy atom. The maximum absolute atomic E-state index is 6.31. The van der Waals surface area contributed by atoms with Gasteiger partial charge in [-0.3, -0.25) is 0 Å². The second kappa shape index (κ2) is 8.31. The molecule has 0 amide bonds. The third-order valence-corrected chi connectivity index (χ3v) is 3.91. The molecule has 2 N–H and O–H groups in total. The number of hydrogen-bond acceptors (Lipinski definition) is 1. The van der Waals surface area contributed by atoms with E-state index in [-0.39, 0.29) is 6.04 Å². The van der Waals surface area contributed by atoms with Gasteiger partial charge in [-0.2, -0.15) is 0 Å². The maximum Gasteiger partial charge on any atom is 0.0297 e. The largest absolute Gasteiger partial charge is 0.324 e. The highest BCUT2D eigenvalue weighted by Gasteiger charge is 2.09. The van der Waals surface area contributed by atoms with Crippen LogP contribution in [0, 0.1) is 13.8 Å². The Morgan fingerprint density at radius 3 is 2.39 bits per heavy atom. The van der Waals surface area contributed by atoms with Gasteiger partial charge in [0, 0.05) is 6.04 Å². The number of benzene rings is 1. The summed E-state index contributed by atoms with van der Waals surface area (Å²) in [5.74, 6) is 0. The van der Waals surface area contributed by atoms with Crippen molar-refractivity contribution in [1.29, 1.82) is 0 Å². The molecule has 1 rings (SSSR count). The van der Waals surface area contributed by atoms with E-state index >= 15 is 0 Å². The van der Waals surface area contributed by atoms with Crippen molar-refractivity contribution >= 4 is 0 Å². The zero-order chi connectivity index (χ0) is 13.4. The van der Waals surface area contributed by atoms with E-state index in [0.29, 0.717) is 0 Å². The number of unbranched alkanes of at least 4 members (excludes halogenated alkanes) is 5. The van der Waals surface area contributed by atoms with E-state index in [1.165, 1.54) is 55.2 Å². The van der Waals surface area contributed by atoms with Crippen LogP contribution in [0.5, 0.6) is 0 Å². The summed E-state index contributed by atoms with van der Waals surface area (Å²) < 4.78 is 0. The normalized spacial score (nSPS) is 12.7. The van der Waals surface area contributed by atoms with Crippen LogP contribution >= 0.6 is 0 Å². The third kappa shape index (κ3) is 4.81. The Labute approximate surface area is 113 Å². The first-order valence-electron chi connectivity index (χ1n) is 7.48. The van der Waals surface area contributed by atoms with E-state index in [4.69, 9.17) is 5.73 Å². The quantitative estimate of drug-likeness (QED) is 0.639. The van der Waals surface area contributed by atoms with Gasteiger partial charge in [-0.25, -0.2) is 0 Å². The van der Waals surface area contributed by atoms with Crippen molar-refractivity contribution in [2.45, 2.75) is 71.8 Å². The summed E-state index contributed by atoms with van der Waals surface area (Å²) in [6.07, 6.45) is 9.17. The van der Waals surface area contributed by atoms with Gasteiger partial charge >= 0.3 is 0 Å². The van der Waals surface area contributed by atoms with Gasteiger partial charge in [-0.05, 0) is 37.0 Å². The van der Waals surface area contributed by atoms with Gasteiger partial charge in [-0.1, -0.05) is 63.6 Å². The first-order valence-corrected chi connectivity index (χ1v) is 7.48. The first kappa shape index (κ1) is 15.2. The number of nitrogens with two attached hydrogens (primary N) is 1. The minimum absolute atomic E-state index is 0.219. The van der Waals surface area contributed by atoms with Crippen LogP contribution in [0.2, 0.25) is 0 Å². The fraction of sp³-hybridized carbons (Fsp3) is 0.647. The smallest absolute Gasteiger partial charge is 0.0297 e. The highest BCUT2D eigenvalue weighted by molar-refractivity contribution is 5.35. The van der Waals surface area contributed by atoms with Gasteiger partial charge < -0.3 is 5.73 Å². The summed E-state index contributed by atoms with van der Waals surface area (Å²) in [4.78, 5) is 0. The van der Waals surface area contributed by atoms with Crippen LogP contribution in [-0.2, 0) is 0 Å². The molecule has 102 valence electrons. The lowest BCUT2D eigenvalue weighted by atomic mass is 9.94. The van der Waals surface area contributed by atoms with E-state index in [0.717, 1.165) is 6.42 Å². The fourth-order valence-electron chi connectivity index (χ4n) is 2.48. The van der Waals surface area contributed by atoms with E-state index in [2.05, 4.69) is 39.0 Å². The van der Waals surface area contributed by atoms with Gasteiger partial charge in [0.15, 0.2) is 0 Å². The fourth-order valence-corrected chi connectivity index (χ4v) is 2.48. The van der Waals surface area contributed by atoms with Crippen molar-refractivity contribution in [1.82, 2.24) is 0 Å². The average Bonchev–Trinajstić information content (AvgIpc) is 2.36. The van der Waals surface area contributed by atoms with Crippen LogP contribution in [-0.4, -0.2) is 0 Å². The molecule has 1 heteroatoms. The second-order valence-electron chi connectivity index (χ2n) is 5.45. The van der Waals surface area contributed by atoms with Crippen LogP contribution in [0.15, 0.2) is 18.2 Å². The topological polar surface area (TPSA) is 26.0 Å². The molecule has 0 aromatic heterocycles. The Bertz CT molecular complexity index is 343. The first-order chi connectivity index (χ1) is 8.66. The lowest BCUT2D eigenvalue weighted by Gasteiger charge is -2.16. The maximum atomic E-state index is 6.31. The zero-order valence-electron chi connectivity index (χ0n) is 12.3. The molecule has 0 spiro atoms. The molecule has 0 aliphatic rings. The summed E-state index contributed by atoms with van der Waals surface area (Å²) >= 11 is 0. The minimum Gasteiger partial charge on any atom is -0.324 e. The van der Waals surface area contributed by atoms with Gasteiger partial charge in [0.05, 0.1) is 0 Å². The number of aryl methyl sites for hydroxylation is 1. The van der Waals surface area contributed by atoms with Crippen molar-refractivity contribution in [2.24, 2.45) is 5.73 Å². The molecule has 18 heavy (non-hydrogen) atoms. The molecule has 1 atom stereocenters. The van der Waals surface area contributed by atoms with E-state index in [1.807, 2.05) is 0 Å². The summed E-state index contributed by atoms with van der Waals surface area (Å²) in [6.45, 7) is 6.61. The number of hydrogen-bond donors (Lipinski definition) is 1. The molecule has 0 radical (unpaired) electrons. The Hall–Kier alpha value is -0.820. The Kier molecular flexibility index (Phi) is 7.04. The highest BCUT2D eigenvalue weighted by Crippen LogP contribution is 2.23. The second-order valence-corrected chi connectivity index (χ2v) is 5.45. The summed E-state index contributed by atoms with van der Waals surface area (Å²) in [6, 6.07) is 6.69. The Morgan fingerprint density at radius 2 is 1.67 bits per heavy atom. The Balaban J connectivity index is 2.32. The van der Waals surface area contributed by atoms with Crippen LogP contribution in [0.1, 0.15) is 74.6 Å². The predicted octanol–water partition coefficient (Wildman–Crippen LogP) is 5.05. The van der Waals surface area contributed by atoms with Crippen LogP contribution < -0.4 is 5.73 Å². The van der Waals surface area contributed by atoms with Crippen LogP contribution in [0.4, 0.5) is 0 Å². The van der Waals surface area contributed by atoms with E-state index in [9.17, 15) is 0 Å². The van der Waals surface area contributed by atoms with Gasteiger partial charge in [-0.15, -0.1) is 0 Å². The molecule has 0 saturated heterocycles. The van der Waals surface area contributed by atoms with Crippen LogP contribution in [0.3, 0.4) is 0 Å².